The summed E-state index contributed by atoms with van der Waals surface area (Å²) in [6.45, 7) is 4.65. The summed E-state index contributed by atoms with van der Waals surface area (Å²) >= 11 is 5.96. The van der Waals surface area contributed by atoms with Crippen LogP contribution in [0.15, 0.2) is 0 Å². The summed E-state index contributed by atoms with van der Waals surface area (Å²) in [5, 5.41) is 1.22. The molecule has 1 aliphatic carbocycles. The van der Waals surface area contributed by atoms with Crippen LogP contribution >= 0.6 is 27.7 Å². The van der Waals surface area contributed by atoms with Crippen LogP contribution in [0.3, 0.4) is 0 Å². The van der Waals surface area contributed by atoms with Crippen molar-refractivity contribution in [2.45, 2.75) is 58.8 Å². The molecule has 0 amide bonds. The molecule has 0 heterocycles. The minimum atomic E-state index is 0.623. The molecule has 0 saturated heterocycles. The minimum Gasteiger partial charge on any atom is -0.161 e. The van der Waals surface area contributed by atoms with Crippen LogP contribution in [0, 0.1) is 11.3 Å². The number of rotatable bonds is 6. The Morgan fingerprint density at radius 1 is 1.12 bits per heavy atom. The number of hydrogen-bond acceptors (Lipinski definition) is 1. The van der Waals surface area contributed by atoms with Crippen LogP contribution in [-0.4, -0.2) is 16.8 Å². The molecule has 0 aromatic carbocycles. The lowest BCUT2D eigenvalue weighted by Crippen LogP contribution is -2.25. The zero-order valence-electron chi connectivity index (χ0n) is 10.9. The third-order valence-corrected chi connectivity index (χ3v) is 6.23. The summed E-state index contributed by atoms with van der Waals surface area (Å²) in [6, 6.07) is 0. The van der Waals surface area contributed by atoms with Crippen molar-refractivity contribution in [3.05, 3.63) is 0 Å². The van der Waals surface area contributed by atoms with Crippen LogP contribution < -0.4 is 0 Å². The van der Waals surface area contributed by atoms with Crippen LogP contribution in [0.5, 0.6) is 0 Å². The molecule has 0 aromatic heterocycles. The fourth-order valence-corrected chi connectivity index (χ4v) is 5.03. The molecule has 2 heteroatoms. The topological polar surface area (TPSA) is 0 Å². The van der Waals surface area contributed by atoms with E-state index in [9.17, 15) is 0 Å². The summed E-state index contributed by atoms with van der Waals surface area (Å²) in [6.07, 6.45) is 10.1. The second kappa shape index (κ2) is 8.02. The lowest BCUT2D eigenvalue weighted by atomic mass is 9.85. The molecule has 0 nitrogen and oxygen atoms in total. The van der Waals surface area contributed by atoms with Crippen LogP contribution in [0.1, 0.15) is 58.8 Å². The zero-order valence-corrected chi connectivity index (χ0v) is 13.3. The van der Waals surface area contributed by atoms with Gasteiger partial charge in [0.05, 0.1) is 0 Å². The highest BCUT2D eigenvalue weighted by atomic mass is 79.9. The van der Waals surface area contributed by atoms with Crippen LogP contribution in [-0.2, 0) is 0 Å². The maximum absolute atomic E-state index is 3.77. The van der Waals surface area contributed by atoms with Gasteiger partial charge in [0.15, 0.2) is 0 Å². The van der Waals surface area contributed by atoms with Crippen LogP contribution in [0.2, 0.25) is 0 Å². The molecule has 0 bridgehead atoms. The average Bonchev–Trinajstić information content (AvgIpc) is 2.50. The maximum Gasteiger partial charge on any atom is 0.00958 e. The van der Waals surface area contributed by atoms with Gasteiger partial charge in [0.1, 0.15) is 0 Å². The van der Waals surface area contributed by atoms with Gasteiger partial charge < -0.3 is 0 Å². The van der Waals surface area contributed by atoms with E-state index in [4.69, 9.17) is 0 Å². The first-order chi connectivity index (χ1) is 7.68. The average molecular weight is 307 g/mol. The number of hydrogen-bond donors (Lipinski definition) is 0. The lowest BCUT2D eigenvalue weighted by Gasteiger charge is -2.30. The van der Waals surface area contributed by atoms with Crippen LogP contribution in [0.4, 0.5) is 0 Å². The van der Waals surface area contributed by atoms with Gasteiger partial charge in [0.2, 0.25) is 0 Å². The fraction of sp³-hybridized carbons (Fsp3) is 1.00. The Morgan fingerprint density at radius 3 is 2.25 bits per heavy atom. The maximum atomic E-state index is 3.77. The molecular formula is C14H27BrS. The Balaban J connectivity index is 2.28. The number of thioether (sulfide) groups is 1. The standard InChI is InChI=1S/C14H27BrS/c1-13(2)7-10-16-12-14(11-15)8-5-3-4-6-9-14/h13H,3-12H2,1-2H3. The fourth-order valence-electron chi connectivity index (χ4n) is 2.40. The Bertz CT molecular complexity index is 172. The molecule has 0 unspecified atom stereocenters. The third-order valence-electron chi connectivity index (χ3n) is 3.70. The molecule has 0 N–H and O–H groups in total. The van der Waals surface area contributed by atoms with Crippen molar-refractivity contribution in [1.82, 2.24) is 0 Å². The molecule has 0 aromatic rings. The molecule has 16 heavy (non-hydrogen) atoms. The van der Waals surface area contributed by atoms with E-state index in [1.54, 1.807) is 0 Å². The van der Waals surface area contributed by atoms with Crippen molar-refractivity contribution in [2.75, 3.05) is 16.8 Å². The summed E-state index contributed by atoms with van der Waals surface area (Å²) in [5.41, 5.74) is 0.623. The summed E-state index contributed by atoms with van der Waals surface area (Å²) in [5.74, 6) is 3.60. The molecule has 0 atom stereocenters. The molecule has 0 spiro atoms. The summed E-state index contributed by atoms with van der Waals surface area (Å²) in [4.78, 5) is 0. The predicted octanol–water partition coefficient (Wildman–Crippen LogP) is 5.50. The van der Waals surface area contributed by atoms with E-state index in [0.717, 1.165) is 5.92 Å². The van der Waals surface area contributed by atoms with Gasteiger partial charge in [0.25, 0.3) is 0 Å². The summed E-state index contributed by atoms with van der Waals surface area (Å²) in [7, 11) is 0. The Morgan fingerprint density at radius 2 is 1.75 bits per heavy atom. The second-order valence-corrected chi connectivity index (χ2v) is 7.45. The Kier molecular flexibility index (Phi) is 7.47. The highest BCUT2D eigenvalue weighted by molar-refractivity contribution is 9.09. The van der Waals surface area contributed by atoms with Crippen molar-refractivity contribution >= 4 is 27.7 Å². The van der Waals surface area contributed by atoms with E-state index in [1.807, 2.05) is 0 Å². The van der Waals surface area contributed by atoms with Gasteiger partial charge in [-0.15, -0.1) is 0 Å². The molecule has 1 rings (SSSR count). The van der Waals surface area contributed by atoms with E-state index in [0.29, 0.717) is 5.41 Å². The van der Waals surface area contributed by atoms with Crippen molar-refractivity contribution in [3.8, 4) is 0 Å². The highest BCUT2D eigenvalue weighted by Crippen LogP contribution is 2.39. The number of alkyl halides is 1. The van der Waals surface area contributed by atoms with Gasteiger partial charge >= 0.3 is 0 Å². The van der Waals surface area contributed by atoms with E-state index in [1.165, 1.54) is 61.8 Å². The molecular weight excluding hydrogens is 280 g/mol. The Hall–Kier alpha value is 0.830. The molecule has 96 valence electrons. The first kappa shape index (κ1) is 14.9. The highest BCUT2D eigenvalue weighted by Gasteiger charge is 2.29. The number of halogens is 1. The van der Waals surface area contributed by atoms with Crippen molar-refractivity contribution < 1.29 is 0 Å². The monoisotopic (exact) mass is 306 g/mol. The van der Waals surface area contributed by atoms with Crippen molar-refractivity contribution in [2.24, 2.45) is 11.3 Å². The smallest absolute Gasteiger partial charge is 0.00958 e. The van der Waals surface area contributed by atoms with E-state index in [-0.39, 0.29) is 0 Å². The van der Waals surface area contributed by atoms with E-state index < -0.39 is 0 Å². The largest absolute Gasteiger partial charge is 0.161 e. The van der Waals surface area contributed by atoms with E-state index in [2.05, 4.69) is 41.5 Å². The van der Waals surface area contributed by atoms with Gasteiger partial charge in [-0.2, -0.15) is 11.8 Å². The van der Waals surface area contributed by atoms with Crippen molar-refractivity contribution in [1.29, 1.82) is 0 Å². The Labute approximate surface area is 114 Å². The predicted molar refractivity (Wildman–Crippen MR) is 80.7 cm³/mol. The van der Waals surface area contributed by atoms with Gasteiger partial charge in [-0.05, 0) is 42.1 Å². The lowest BCUT2D eigenvalue weighted by molar-refractivity contribution is 0.334. The normalized spacial score (nSPS) is 21.0. The van der Waals surface area contributed by atoms with E-state index >= 15 is 0 Å². The van der Waals surface area contributed by atoms with Gasteiger partial charge in [-0.1, -0.05) is 55.5 Å². The minimum absolute atomic E-state index is 0.623. The SMILES string of the molecule is CC(C)CCSCC1(CBr)CCCCCC1. The molecule has 0 aliphatic heterocycles. The first-order valence-electron chi connectivity index (χ1n) is 6.82. The van der Waals surface area contributed by atoms with Gasteiger partial charge in [-0.3, -0.25) is 0 Å². The van der Waals surface area contributed by atoms with Gasteiger partial charge in [0, 0.05) is 5.33 Å². The quantitative estimate of drug-likeness (QED) is 0.354. The first-order valence-corrected chi connectivity index (χ1v) is 9.10. The van der Waals surface area contributed by atoms with Crippen molar-refractivity contribution in [3.63, 3.8) is 0 Å². The zero-order chi connectivity index (χ0) is 11.9. The van der Waals surface area contributed by atoms with Crippen LogP contribution in [0.25, 0.3) is 0 Å². The molecule has 1 fully saturated rings. The third kappa shape index (κ3) is 5.44. The second-order valence-electron chi connectivity index (χ2n) is 5.78. The molecule has 1 saturated carbocycles. The molecule has 1 aliphatic rings. The summed E-state index contributed by atoms with van der Waals surface area (Å²) < 4.78 is 0. The molecule has 0 radical (unpaired) electrons. The van der Waals surface area contributed by atoms with Gasteiger partial charge in [-0.25, -0.2) is 0 Å².